The van der Waals surface area contributed by atoms with Crippen LogP contribution in [0, 0.1) is 5.82 Å². The van der Waals surface area contributed by atoms with Gasteiger partial charge in [-0.3, -0.25) is 0 Å². The number of benzene rings is 2. The van der Waals surface area contributed by atoms with Crippen LogP contribution in [0.3, 0.4) is 0 Å². The van der Waals surface area contributed by atoms with Crippen molar-refractivity contribution in [3.05, 3.63) is 56.8 Å². The van der Waals surface area contributed by atoms with Gasteiger partial charge in [0.15, 0.2) is 11.5 Å². The maximum atomic E-state index is 13.8. The largest absolute Gasteiger partial charge is 0.493 e. The van der Waals surface area contributed by atoms with Gasteiger partial charge in [-0.2, -0.15) is 0 Å². The van der Waals surface area contributed by atoms with Crippen molar-refractivity contribution in [2.75, 3.05) is 20.3 Å². The zero-order valence-electron chi connectivity index (χ0n) is 13.1. The number of hydrogen-bond donors (Lipinski definition) is 2. The average Bonchev–Trinajstić information content (AvgIpc) is 2.55. The Labute approximate surface area is 153 Å². The number of aliphatic hydroxyl groups excluding tert-OH is 1. The predicted octanol–water partition coefficient (Wildman–Crippen LogP) is 3.91. The van der Waals surface area contributed by atoms with Crippen LogP contribution in [0.4, 0.5) is 4.39 Å². The van der Waals surface area contributed by atoms with Gasteiger partial charge in [0.05, 0.1) is 23.2 Å². The summed E-state index contributed by atoms with van der Waals surface area (Å²) in [7, 11) is 1.54. The number of hydrogen-bond acceptors (Lipinski definition) is 4. The number of ether oxygens (including phenoxy) is 2. The molecule has 0 radical (unpaired) electrons. The van der Waals surface area contributed by atoms with Gasteiger partial charge in [-0.1, -0.05) is 17.7 Å². The first-order chi connectivity index (χ1) is 11.6. The molecule has 0 spiro atoms. The summed E-state index contributed by atoms with van der Waals surface area (Å²) in [5.74, 6) is 0.586. The molecule has 0 aliphatic heterocycles. The van der Waals surface area contributed by atoms with E-state index in [1.54, 1.807) is 12.1 Å². The van der Waals surface area contributed by atoms with E-state index in [0.717, 1.165) is 5.56 Å². The molecular weight excluding hydrogens is 401 g/mol. The van der Waals surface area contributed by atoms with Crippen LogP contribution in [-0.4, -0.2) is 25.4 Å². The third kappa shape index (κ3) is 4.83. The lowest BCUT2D eigenvalue weighted by molar-refractivity contribution is 0.277. The van der Waals surface area contributed by atoms with E-state index >= 15 is 0 Å². The van der Waals surface area contributed by atoms with Crippen LogP contribution in [0.15, 0.2) is 34.8 Å². The van der Waals surface area contributed by atoms with E-state index in [4.69, 9.17) is 26.2 Å². The third-order valence-corrected chi connectivity index (χ3v) is 4.27. The second kappa shape index (κ2) is 9.22. The molecule has 130 valence electrons. The van der Waals surface area contributed by atoms with Crippen LogP contribution in [-0.2, 0) is 13.2 Å². The molecular formula is C17H18BrClFNO3. The first kappa shape index (κ1) is 19.0. The molecule has 2 rings (SSSR count). The normalized spacial score (nSPS) is 10.7. The quantitative estimate of drug-likeness (QED) is 0.638. The predicted molar refractivity (Wildman–Crippen MR) is 95.2 cm³/mol. The molecule has 0 atom stereocenters. The van der Waals surface area contributed by atoms with E-state index in [1.165, 1.54) is 13.2 Å². The van der Waals surface area contributed by atoms with Gasteiger partial charge in [0, 0.05) is 18.7 Å². The molecule has 0 unspecified atom stereocenters. The molecule has 2 aromatic rings. The summed E-state index contributed by atoms with van der Waals surface area (Å²) in [5, 5.41) is 12.2. The summed E-state index contributed by atoms with van der Waals surface area (Å²) in [6.45, 7) is 1.14. The van der Waals surface area contributed by atoms with Crippen LogP contribution in [0.5, 0.6) is 11.5 Å². The van der Waals surface area contributed by atoms with Crippen LogP contribution in [0.2, 0.25) is 5.02 Å². The van der Waals surface area contributed by atoms with E-state index in [2.05, 4.69) is 21.2 Å². The standard InChI is InChI=1S/C17H18BrClFNO3/c1-23-16-8-11(9-21-5-6-22)7-13(18)17(16)24-10-12-14(19)3-2-4-15(12)20/h2-4,7-8,21-22H,5-6,9-10H2,1H3. The van der Waals surface area contributed by atoms with E-state index < -0.39 is 5.82 Å². The number of aliphatic hydroxyl groups is 1. The topological polar surface area (TPSA) is 50.7 Å². The highest BCUT2D eigenvalue weighted by Crippen LogP contribution is 2.37. The lowest BCUT2D eigenvalue weighted by atomic mass is 10.2. The molecule has 0 heterocycles. The number of methoxy groups -OCH3 is 1. The Morgan fingerprint density at radius 3 is 2.79 bits per heavy atom. The van der Waals surface area contributed by atoms with Gasteiger partial charge in [0.25, 0.3) is 0 Å². The highest BCUT2D eigenvalue weighted by atomic mass is 79.9. The maximum Gasteiger partial charge on any atom is 0.175 e. The van der Waals surface area contributed by atoms with E-state index in [0.29, 0.717) is 39.6 Å². The Kier molecular flexibility index (Phi) is 7.30. The first-order valence-electron chi connectivity index (χ1n) is 7.30. The zero-order valence-corrected chi connectivity index (χ0v) is 15.5. The Bertz CT molecular complexity index is 680. The van der Waals surface area contributed by atoms with Gasteiger partial charge in [-0.15, -0.1) is 0 Å². The molecule has 24 heavy (non-hydrogen) atoms. The molecule has 2 N–H and O–H groups in total. The minimum absolute atomic E-state index is 0.0113. The summed E-state index contributed by atoms with van der Waals surface area (Å²) < 4.78 is 25.6. The van der Waals surface area contributed by atoms with E-state index in [1.807, 2.05) is 12.1 Å². The molecule has 0 aromatic heterocycles. The second-order valence-corrected chi connectivity index (χ2v) is 6.26. The summed E-state index contributed by atoms with van der Waals surface area (Å²) in [5.41, 5.74) is 1.25. The third-order valence-electron chi connectivity index (χ3n) is 3.33. The fraction of sp³-hybridized carbons (Fsp3) is 0.294. The van der Waals surface area contributed by atoms with Crippen molar-refractivity contribution in [3.8, 4) is 11.5 Å². The van der Waals surface area contributed by atoms with Crippen molar-refractivity contribution in [1.82, 2.24) is 5.32 Å². The number of rotatable bonds is 8. The molecule has 0 saturated heterocycles. The second-order valence-electron chi connectivity index (χ2n) is 5.00. The maximum absolute atomic E-state index is 13.8. The Hall–Kier alpha value is -1.34. The fourth-order valence-electron chi connectivity index (χ4n) is 2.14. The van der Waals surface area contributed by atoms with Crippen molar-refractivity contribution < 1.29 is 19.0 Å². The van der Waals surface area contributed by atoms with Crippen molar-refractivity contribution in [1.29, 1.82) is 0 Å². The summed E-state index contributed by atoms with van der Waals surface area (Å²) in [6.07, 6.45) is 0. The summed E-state index contributed by atoms with van der Waals surface area (Å²) >= 11 is 9.46. The molecule has 7 heteroatoms. The molecule has 0 fully saturated rings. The van der Waals surface area contributed by atoms with Crippen molar-refractivity contribution in [2.45, 2.75) is 13.2 Å². The van der Waals surface area contributed by atoms with Crippen molar-refractivity contribution in [3.63, 3.8) is 0 Å². The Morgan fingerprint density at radius 2 is 2.12 bits per heavy atom. The van der Waals surface area contributed by atoms with Gasteiger partial charge in [-0.05, 0) is 45.8 Å². The lowest BCUT2D eigenvalue weighted by Gasteiger charge is -2.15. The lowest BCUT2D eigenvalue weighted by Crippen LogP contribution is -2.17. The Morgan fingerprint density at radius 1 is 1.33 bits per heavy atom. The molecule has 0 aliphatic rings. The number of halogens is 3. The van der Waals surface area contributed by atoms with Crippen molar-refractivity contribution >= 4 is 27.5 Å². The molecule has 0 amide bonds. The zero-order chi connectivity index (χ0) is 17.5. The van der Waals surface area contributed by atoms with Gasteiger partial charge >= 0.3 is 0 Å². The van der Waals surface area contributed by atoms with Crippen LogP contribution in [0.1, 0.15) is 11.1 Å². The van der Waals surface area contributed by atoms with E-state index in [-0.39, 0.29) is 13.2 Å². The minimum Gasteiger partial charge on any atom is -0.493 e. The SMILES string of the molecule is COc1cc(CNCCO)cc(Br)c1OCc1c(F)cccc1Cl. The Balaban J connectivity index is 2.17. The van der Waals surface area contributed by atoms with Crippen LogP contribution >= 0.6 is 27.5 Å². The van der Waals surface area contributed by atoms with Gasteiger partial charge in [-0.25, -0.2) is 4.39 Å². The average molecular weight is 419 g/mol. The number of nitrogens with one attached hydrogen (secondary N) is 1. The van der Waals surface area contributed by atoms with Crippen LogP contribution in [0.25, 0.3) is 0 Å². The molecule has 4 nitrogen and oxygen atoms in total. The van der Waals surface area contributed by atoms with Crippen LogP contribution < -0.4 is 14.8 Å². The summed E-state index contributed by atoms with van der Waals surface area (Å²) in [6, 6.07) is 8.21. The monoisotopic (exact) mass is 417 g/mol. The summed E-state index contributed by atoms with van der Waals surface area (Å²) in [4.78, 5) is 0. The molecule has 2 aromatic carbocycles. The molecule has 0 bridgehead atoms. The fourth-order valence-corrected chi connectivity index (χ4v) is 2.96. The highest BCUT2D eigenvalue weighted by Gasteiger charge is 2.14. The smallest absolute Gasteiger partial charge is 0.175 e. The minimum atomic E-state index is -0.414. The molecule has 0 aliphatic carbocycles. The first-order valence-corrected chi connectivity index (χ1v) is 8.47. The van der Waals surface area contributed by atoms with E-state index in [9.17, 15) is 4.39 Å². The van der Waals surface area contributed by atoms with Gasteiger partial charge in [0.2, 0.25) is 0 Å². The molecule has 0 saturated carbocycles. The van der Waals surface area contributed by atoms with Gasteiger partial charge in [0.1, 0.15) is 12.4 Å². The highest BCUT2D eigenvalue weighted by molar-refractivity contribution is 9.10. The van der Waals surface area contributed by atoms with Gasteiger partial charge < -0.3 is 19.9 Å². The van der Waals surface area contributed by atoms with Crippen molar-refractivity contribution in [2.24, 2.45) is 0 Å².